The Morgan fingerprint density at radius 2 is 1.40 bits per heavy atom. The van der Waals surface area contributed by atoms with E-state index in [2.05, 4.69) is 67.5 Å². The van der Waals surface area contributed by atoms with Gasteiger partial charge in [0.05, 0.1) is 6.61 Å². The molecule has 0 radical (unpaired) electrons. The second-order valence-corrected chi connectivity index (χ2v) is 11.2. The lowest BCUT2D eigenvalue weighted by Crippen LogP contribution is -2.18. The van der Waals surface area contributed by atoms with Gasteiger partial charge in [0, 0.05) is 6.42 Å². The zero-order chi connectivity index (χ0) is 22.9. The molecular formula is C27H46O3. The lowest BCUT2D eigenvalue weighted by Gasteiger charge is -2.28. The molecule has 0 saturated heterocycles. The molecule has 0 amide bonds. The lowest BCUT2D eigenvalue weighted by atomic mass is 9.78. The Labute approximate surface area is 185 Å². The van der Waals surface area contributed by atoms with Crippen LogP contribution in [0.15, 0.2) is 12.1 Å². The first kappa shape index (κ1) is 26.5. The molecule has 0 aromatic heterocycles. The van der Waals surface area contributed by atoms with Crippen LogP contribution in [0.2, 0.25) is 0 Å². The van der Waals surface area contributed by atoms with E-state index < -0.39 is 0 Å². The molecule has 172 valence electrons. The van der Waals surface area contributed by atoms with Crippen LogP contribution in [-0.2, 0) is 26.8 Å². The fourth-order valence-corrected chi connectivity index (χ4v) is 3.67. The first-order valence-electron chi connectivity index (χ1n) is 11.8. The monoisotopic (exact) mass is 418 g/mol. The molecule has 0 aliphatic heterocycles. The van der Waals surface area contributed by atoms with Gasteiger partial charge in [-0.3, -0.25) is 4.79 Å². The number of hydrogen-bond donors (Lipinski definition) is 1. The number of phenols is 1. The number of hydrogen-bond acceptors (Lipinski definition) is 3. The van der Waals surface area contributed by atoms with Crippen molar-refractivity contribution in [1.82, 2.24) is 0 Å². The average Bonchev–Trinajstić information content (AvgIpc) is 2.60. The molecule has 30 heavy (non-hydrogen) atoms. The van der Waals surface area contributed by atoms with Gasteiger partial charge >= 0.3 is 5.97 Å². The van der Waals surface area contributed by atoms with Crippen LogP contribution >= 0.6 is 0 Å². The second-order valence-electron chi connectivity index (χ2n) is 11.2. The first-order chi connectivity index (χ1) is 13.8. The summed E-state index contributed by atoms with van der Waals surface area (Å²) in [5, 5.41) is 10.8. The van der Waals surface area contributed by atoms with Crippen molar-refractivity contribution >= 4 is 5.97 Å². The van der Waals surface area contributed by atoms with Gasteiger partial charge in [0.25, 0.3) is 0 Å². The molecule has 1 N–H and O–H groups in total. The molecule has 0 aliphatic rings. The predicted octanol–water partition coefficient (Wildman–Crippen LogP) is 7.46. The molecule has 0 unspecified atom stereocenters. The van der Waals surface area contributed by atoms with E-state index in [0.717, 1.165) is 35.4 Å². The number of aromatic hydroxyl groups is 1. The number of rotatable bonds is 11. The van der Waals surface area contributed by atoms with E-state index in [-0.39, 0.29) is 16.8 Å². The number of unbranched alkanes of at least 4 members (excludes halogenated alkanes) is 4. The highest BCUT2D eigenvalue weighted by Crippen LogP contribution is 2.40. The SMILES string of the molecule is CC(C)CCCCCCCOC(=O)CCc1cc(C(C)(C)C)c(O)c(C(C)(C)C)c1. The summed E-state index contributed by atoms with van der Waals surface area (Å²) < 4.78 is 5.44. The molecule has 0 saturated carbocycles. The molecule has 1 aromatic carbocycles. The molecule has 3 heteroatoms. The number of phenolic OH excluding ortho intramolecular Hbond substituents is 1. The standard InChI is InChI=1S/C27H46O3/c1-20(2)14-12-10-9-11-13-17-30-24(28)16-15-21-18-22(26(3,4)5)25(29)23(19-21)27(6,7)8/h18-20,29H,9-17H2,1-8H3. The Kier molecular flexibility index (Phi) is 10.4. The number of aryl methyl sites for hydroxylation is 1. The van der Waals surface area contributed by atoms with E-state index in [4.69, 9.17) is 4.74 Å². The molecule has 0 fully saturated rings. The fourth-order valence-electron chi connectivity index (χ4n) is 3.67. The summed E-state index contributed by atoms with van der Waals surface area (Å²) >= 11 is 0. The van der Waals surface area contributed by atoms with Crippen LogP contribution in [0.3, 0.4) is 0 Å². The number of carbonyl (C=O) groups is 1. The van der Waals surface area contributed by atoms with Crippen LogP contribution in [0.5, 0.6) is 5.75 Å². The lowest BCUT2D eigenvalue weighted by molar-refractivity contribution is -0.143. The summed E-state index contributed by atoms with van der Waals surface area (Å²) in [6.45, 7) is 17.7. The van der Waals surface area contributed by atoms with Crippen LogP contribution in [0.1, 0.15) is 117 Å². The summed E-state index contributed by atoms with van der Waals surface area (Å²) in [5.74, 6) is 1.05. The maximum Gasteiger partial charge on any atom is 0.306 e. The molecule has 0 bridgehead atoms. The average molecular weight is 419 g/mol. The highest BCUT2D eigenvalue weighted by atomic mass is 16.5. The Hall–Kier alpha value is -1.51. The van der Waals surface area contributed by atoms with Gasteiger partial charge in [-0.25, -0.2) is 0 Å². The molecule has 0 atom stereocenters. The van der Waals surface area contributed by atoms with Crippen molar-refractivity contribution in [3.05, 3.63) is 28.8 Å². The third-order valence-electron chi connectivity index (χ3n) is 5.59. The summed E-state index contributed by atoms with van der Waals surface area (Å²) in [6, 6.07) is 4.10. The minimum atomic E-state index is -0.157. The zero-order valence-electron chi connectivity index (χ0n) is 20.9. The van der Waals surface area contributed by atoms with Crippen molar-refractivity contribution < 1.29 is 14.6 Å². The maximum atomic E-state index is 12.2. The van der Waals surface area contributed by atoms with E-state index in [9.17, 15) is 9.90 Å². The summed E-state index contributed by atoms with van der Waals surface area (Å²) in [6.07, 6.45) is 8.22. The summed E-state index contributed by atoms with van der Waals surface area (Å²) in [5.41, 5.74) is 2.65. The quantitative estimate of drug-likeness (QED) is 0.300. The van der Waals surface area contributed by atoms with E-state index >= 15 is 0 Å². The predicted molar refractivity (Wildman–Crippen MR) is 127 cm³/mol. The van der Waals surface area contributed by atoms with Gasteiger partial charge in [-0.15, -0.1) is 0 Å². The van der Waals surface area contributed by atoms with Crippen LogP contribution in [0.25, 0.3) is 0 Å². The molecule has 3 nitrogen and oxygen atoms in total. The van der Waals surface area contributed by atoms with Gasteiger partial charge in [-0.1, -0.05) is 99.6 Å². The van der Waals surface area contributed by atoms with Crippen LogP contribution in [-0.4, -0.2) is 17.7 Å². The smallest absolute Gasteiger partial charge is 0.306 e. The van der Waals surface area contributed by atoms with Crippen molar-refractivity contribution in [2.75, 3.05) is 6.61 Å². The normalized spacial score (nSPS) is 12.4. The molecule has 0 heterocycles. The van der Waals surface area contributed by atoms with Gasteiger partial charge in [-0.2, -0.15) is 0 Å². The molecule has 1 rings (SSSR count). The van der Waals surface area contributed by atoms with Gasteiger partial charge in [0.2, 0.25) is 0 Å². The third-order valence-corrected chi connectivity index (χ3v) is 5.59. The van der Waals surface area contributed by atoms with Crippen molar-refractivity contribution in [2.45, 2.75) is 118 Å². The molecular weight excluding hydrogens is 372 g/mol. The van der Waals surface area contributed by atoms with E-state index in [0.29, 0.717) is 25.2 Å². The minimum Gasteiger partial charge on any atom is -0.507 e. The molecule has 1 aromatic rings. The second kappa shape index (κ2) is 11.8. The highest BCUT2D eigenvalue weighted by Gasteiger charge is 2.26. The number of carbonyl (C=O) groups excluding carboxylic acids is 1. The van der Waals surface area contributed by atoms with Gasteiger partial charge in [-0.05, 0) is 46.3 Å². The van der Waals surface area contributed by atoms with Crippen molar-refractivity contribution in [2.24, 2.45) is 5.92 Å². The van der Waals surface area contributed by atoms with Gasteiger partial charge in [0.15, 0.2) is 0 Å². The largest absolute Gasteiger partial charge is 0.507 e. The van der Waals surface area contributed by atoms with E-state index in [1.807, 2.05) is 0 Å². The fraction of sp³-hybridized carbons (Fsp3) is 0.741. The Bertz CT molecular complexity index is 625. The summed E-state index contributed by atoms with van der Waals surface area (Å²) in [7, 11) is 0. The minimum absolute atomic E-state index is 0.127. The Balaban J connectivity index is 2.53. The molecule has 0 aliphatic carbocycles. The first-order valence-corrected chi connectivity index (χ1v) is 11.8. The van der Waals surface area contributed by atoms with Crippen LogP contribution < -0.4 is 0 Å². The number of ether oxygens (including phenoxy) is 1. The van der Waals surface area contributed by atoms with Gasteiger partial charge in [0.1, 0.15) is 5.75 Å². The number of benzene rings is 1. The van der Waals surface area contributed by atoms with Crippen molar-refractivity contribution in [3.8, 4) is 5.75 Å². The third kappa shape index (κ3) is 9.53. The van der Waals surface area contributed by atoms with Crippen LogP contribution in [0, 0.1) is 5.92 Å². The Morgan fingerprint density at radius 3 is 1.90 bits per heavy atom. The summed E-state index contributed by atoms with van der Waals surface area (Å²) in [4.78, 5) is 12.2. The van der Waals surface area contributed by atoms with Crippen LogP contribution in [0.4, 0.5) is 0 Å². The zero-order valence-corrected chi connectivity index (χ0v) is 20.9. The molecule has 0 spiro atoms. The topological polar surface area (TPSA) is 46.5 Å². The van der Waals surface area contributed by atoms with E-state index in [1.54, 1.807) is 0 Å². The highest BCUT2D eigenvalue weighted by molar-refractivity contribution is 5.69. The maximum absolute atomic E-state index is 12.2. The number of esters is 1. The van der Waals surface area contributed by atoms with Crippen molar-refractivity contribution in [3.63, 3.8) is 0 Å². The Morgan fingerprint density at radius 1 is 0.900 bits per heavy atom. The van der Waals surface area contributed by atoms with Gasteiger partial charge < -0.3 is 9.84 Å². The van der Waals surface area contributed by atoms with Crippen molar-refractivity contribution in [1.29, 1.82) is 0 Å². The van der Waals surface area contributed by atoms with E-state index in [1.165, 1.54) is 25.7 Å².